The molecule has 6 heteroatoms. The van der Waals surface area contributed by atoms with Gasteiger partial charge in [0.2, 0.25) is 11.8 Å². The summed E-state index contributed by atoms with van der Waals surface area (Å²) in [5.41, 5.74) is 7.44. The smallest absolute Gasteiger partial charge is 0.240 e. The van der Waals surface area contributed by atoms with Crippen LogP contribution in [-0.4, -0.2) is 36.5 Å². The zero-order valence-electron chi connectivity index (χ0n) is 16.3. The standard InChI is InChI=1S/C21H32N4O2/c1-16(23-20(27)21(22)10-3-2-4-11-21)14-19(26)24-17-8-7-9-18(15-17)25-12-5-6-13-25/h7-9,15-16H,2-6,10-14,22H2,1H3,(H,23,27)(H,24,26). The molecule has 2 amide bonds. The first-order valence-corrected chi connectivity index (χ1v) is 10.2. The van der Waals surface area contributed by atoms with Gasteiger partial charge in [-0.25, -0.2) is 0 Å². The first-order valence-electron chi connectivity index (χ1n) is 10.2. The van der Waals surface area contributed by atoms with Crippen molar-refractivity contribution < 1.29 is 9.59 Å². The van der Waals surface area contributed by atoms with E-state index < -0.39 is 5.54 Å². The second-order valence-corrected chi connectivity index (χ2v) is 8.09. The second-order valence-electron chi connectivity index (χ2n) is 8.09. The normalized spacial score (nSPS) is 20.1. The second kappa shape index (κ2) is 8.74. The van der Waals surface area contributed by atoms with E-state index in [1.165, 1.54) is 12.8 Å². The van der Waals surface area contributed by atoms with Crippen LogP contribution in [0.4, 0.5) is 11.4 Å². The first kappa shape index (κ1) is 19.7. The van der Waals surface area contributed by atoms with Gasteiger partial charge in [0.05, 0.1) is 5.54 Å². The maximum Gasteiger partial charge on any atom is 0.240 e. The summed E-state index contributed by atoms with van der Waals surface area (Å²) in [6, 6.07) is 7.72. The molecule has 1 unspecified atom stereocenters. The highest BCUT2D eigenvalue weighted by Crippen LogP contribution is 2.26. The number of carbonyl (C=O) groups excluding carboxylic acids is 2. The van der Waals surface area contributed by atoms with Gasteiger partial charge in [-0.05, 0) is 50.8 Å². The molecule has 1 heterocycles. The van der Waals surface area contributed by atoms with Crippen molar-refractivity contribution in [3.8, 4) is 0 Å². The van der Waals surface area contributed by atoms with Gasteiger partial charge < -0.3 is 21.3 Å². The topological polar surface area (TPSA) is 87.5 Å². The van der Waals surface area contributed by atoms with Crippen LogP contribution in [0, 0.1) is 0 Å². The molecular weight excluding hydrogens is 340 g/mol. The van der Waals surface area contributed by atoms with Gasteiger partial charge in [0.15, 0.2) is 0 Å². The van der Waals surface area contributed by atoms with Gasteiger partial charge in [-0.1, -0.05) is 25.3 Å². The number of nitrogens with two attached hydrogens (primary N) is 1. The van der Waals surface area contributed by atoms with Crippen LogP contribution in [0.15, 0.2) is 24.3 Å². The van der Waals surface area contributed by atoms with Crippen LogP contribution in [0.5, 0.6) is 0 Å². The third kappa shape index (κ3) is 5.22. The molecule has 27 heavy (non-hydrogen) atoms. The molecule has 1 aliphatic carbocycles. The molecule has 4 N–H and O–H groups in total. The van der Waals surface area contributed by atoms with Crippen molar-refractivity contribution in [2.24, 2.45) is 5.73 Å². The van der Waals surface area contributed by atoms with E-state index in [0.29, 0.717) is 0 Å². The average Bonchev–Trinajstić information content (AvgIpc) is 3.17. The van der Waals surface area contributed by atoms with Gasteiger partial charge >= 0.3 is 0 Å². The van der Waals surface area contributed by atoms with Gasteiger partial charge in [0.1, 0.15) is 0 Å². The average molecular weight is 373 g/mol. The van der Waals surface area contributed by atoms with Gasteiger partial charge in [-0.15, -0.1) is 0 Å². The summed E-state index contributed by atoms with van der Waals surface area (Å²) in [6.07, 6.45) is 7.24. The van der Waals surface area contributed by atoms with Gasteiger partial charge in [0.25, 0.3) is 0 Å². The monoisotopic (exact) mass is 372 g/mol. The SMILES string of the molecule is CC(CC(=O)Nc1cccc(N2CCCC2)c1)NC(=O)C1(N)CCCCC1. The summed E-state index contributed by atoms with van der Waals surface area (Å²) >= 11 is 0. The van der Waals surface area contributed by atoms with Crippen molar-refractivity contribution in [3.05, 3.63) is 24.3 Å². The molecular formula is C21H32N4O2. The lowest BCUT2D eigenvalue weighted by Crippen LogP contribution is -2.56. The maximum absolute atomic E-state index is 12.5. The quantitative estimate of drug-likeness (QED) is 0.716. The minimum atomic E-state index is -0.771. The molecule has 0 aromatic heterocycles. The van der Waals surface area contributed by atoms with Gasteiger partial charge in [0, 0.05) is 36.9 Å². The molecule has 1 saturated heterocycles. The number of hydrogen-bond donors (Lipinski definition) is 3. The van der Waals surface area contributed by atoms with Crippen LogP contribution in [0.3, 0.4) is 0 Å². The zero-order valence-corrected chi connectivity index (χ0v) is 16.3. The first-order chi connectivity index (χ1) is 13.0. The lowest BCUT2D eigenvalue weighted by atomic mass is 9.81. The predicted molar refractivity (Wildman–Crippen MR) is 109 cm³/mol. The van der Waals surface area contributed by atoms with Crippen molar-refractivity contribution in [1.82, 2.24) is 5.32 Å². The molecule has 1 atom stereocenters. The van der Waals surface area contributed by atoms with E-state index in [2.05, 4.69) is 21.6 Å². The van der Waals surface area contributed by atoms with Crippen molar-refractivity contribution in [3.63, 3.8) is 0 Å². The Bertz CT molecular complexity index is 664. The fourth-order valence-corrected chi connectivity index (χ4v) is 4.07. The Morgan fingerprint density at radius 3 is 2.56 bits per heavy atom. The van der Waals surface area contributed by atoms with E-state index in [1.54, 1.807) is 0 Å². The third-order valence-electron chi connectivity index (χ3n) is 5.67. The van der Waals surface area contributed by atoms with E-state index in [1.807, 2.05) is 25.1 Å². The largest absolute Gasteiger partial charge is 0.371 e. The molecule has 1 saturated carbocycles. The lowest BCUT2D eigenvalue weighted by molar-refractivity contribution is -0.128. The van der Waals surface area contributed by atoms with Crippen molar-refractivity contribution in [2.75, 3.05) is 23.3 Å². The Morgan fingerprint density at radius 1 is 1.15 bits per heavy atom. The molecule has 2 fully saturated rings. The number of carbonyl (C=O) groups is 2. The molecule has 1 aromatic carbocycles. The van der Waals surface area contributed by atoms with Crippen LogP contribution >= 0.6 is 0 Å². The summed E-state index contributed by atoms with van der Waals surface area (Å²) < 4.78 is 0. The van der Waals surface area contributed by atoms with Crippen LogP contribution in [-0.2, 0) is 9.59 Å². The summed E-state index contributed by atoms with van der Waals surface area (Å²) in [5, 5.41) is 5.88. The van der Waals surface area contributed by atoms with Crippen molar-refractivity contribution in [1.29, 1.82) is 0 Å². The Kier molecular flexibility index (Phi) is 6.37. The Balaban J connectivity index is 1.50. The lowest BCUT2D eigenvalue weighted by Gasteiger charge is -2.33. The van der Waals surface area contributed by atoms with Crippen molar-refractivity contribution in [2.45, 2.75) is 69.9 Å². The summed E-state index contributed by atoms with van der Waals surface area (Å²) in [5.74, 6) is -0.227. The third-order valence-corrected chi connectivity index (χ3v) is 5.67. The number of rotatable bonds is 6. The number of hydrogen-bond acceptors (Lipinski definition) is 4. The Morgan fingerprint density at radius 2 is 1.85 bits per heavy atom. The maximum atomic E-state index is 12.5. The minimum absolute atomic E-state index is 0.101. The number of anilines is 2. The number of nitrogens with one attached hydrogen (secondary N) is 2. The van der Waals surface area contributed by atoms with Crippen LogP contribution in [0.2, 0.25) is 0 Å². The van der Waals surface area contributed by atoms with Gasteiger partial charge in [-0.2, -0.15) is 0 Å². The van der Waals surface area contributed by atoms with Crippen molar-refractivity contribution >= 4 is 23.2 Å². The van der Waals surface area contributed by atoms with E-state index in [4.69, 9.17) is 5.73 Å². The van der Waals surface area contributed by atoms with E-state index in [0.717, 1.165) is 56.6 Å². The molecule has 0 radical (unpaired) electrons. The summed E-state index contributed by atoms with van der Waals surface area (Å²) in [6.45, 7) is 3.99. The highest BCUT2D eigenvalue weighted by atomic mass is 16.2. The molecule has 0 bridgehead atoms. The van der Waals surface area contributed by atoms with E-state index in [-0.39, 0.29) is 24.3 Å². The number of nitrogens with zero attached hydrogens (tertiary/aromatic N) is 1. The highest BCUT2D eigenvalue weighted by molar-refractivity contribution is 5.92. The fourth-order valence-electron chi connectivity index (χ4n) is 4.07. The van der Waals surface area contributed by atoms with Gasteiger partial charge in [-0.3, -0.25) is 9.59 Å². The van der Waals surface area contributed by atoms with Crippen LogP contribution in [0.25, 0.3) is 0 Å². The summed E-state index contributed by atoms with van der Waals surface area (Å²) in [4.78, 5) is 27.2. The predicted octanol–water partition coefficient (Wildman–Crippen LogP) is 2.78. The summed E-state index contributed by atoms with van der Waals surface area (Å²) in [7, 11) is 0. The molecule has 1 aliphatic heterocycles. The van der Waals surface area contributed by atoms with Crippen LogP contribution < -0.4 is 21.3 Å². The number of amides is 2. The Labute approximate surface area is 161 Å². The highest BCUT2D eigenvalue weighted by Gasteiger charge is 2.35. The van der Waals surface area contributed by atoms with E-state index in [9.17, 15) is 9.59 Å². The molecule has 0 spiro atoms. The van der Waals surface area contributed by atoms with Crippen LogP contribution in [0.1, 0.15) is 58.3 Å². The fraction of sp³-hybridized carbons (Fsp3) is 0.619. The zero-order chi connectivity index (χ0) is 19.3. The molecule has 1 aromatic rings. The molecule has 3 rings (SSSR count). The van der Waals surface area contributed by atoms with E-state index >= 15 is 0 Å². The minimum Gasteiger partial charge on any atom is -0.371 e. The molecule has 148 valence electrons. The number of benzene rings is 1. The molecule has 6 nitrogen and oxygen atoms in total. The molecule has 2 aliphatic rings. The Hall–Kier alpha value is -2.08.